The topological polar surface area (TPSA) is 62.3 Å². The minimum absolute atomic E-state index is 0.176. The summed E-state index contributed by atoms with van der Waals surface area (Å²) in [6, 6.07) is 15.3. The predicted octanol–water partition coefficient (Wildman–Crippen LogP) is 3.94. The summed E-state index contributed by atoms with van der Waals surface area (Å²) in [4.78, 5) is 17.5. The Balaban J connectivity index is 1.66. The molecule has 0 radical (unpaired) electrons. The van der Waals surface area contributed by atoms with Crippen molar-refractivity contribution < 1.29 is 4.74 Å². The molecule has 0 atom stereocenters. The lowest BCUT2D eigenvalue weighted by Crippen LogP contribution is -2.38. The molecule has 0 unspecified atom stereocenters. The molecule has 1 aliphatic rings. The number of nitrogens with one attached hydrogen (secondary N) is 2. The summed E-state index contributed by atoms with van der Waals surface area (Å²) in [6.07, 6.45) is 0. The number of hydrogen-bond donors (Lipinski definition) is 2. The Hall–Kier alpha value is -2.61. The van der Waals surface area contributed by atoms with Crippen LogP contribution in [0, 0.1) is 4.77 Å². The van der Waals surface area contributed by atoms with E-state index in [9.17, 15) is 4.79 Å². The number of rotatable bonds is 4. The number of ether oxygens (including phenoxy) is 1. The molecular formula is C20H19ClN4O2S. The average molecular weight is 415 g/mol. The fraction of sp³-hybridized carbons (Fsp3) is 0.200. The van der Waals surface area contributed by atoms with E-state index in [4.69, 9.17) is 28.6 Å². The smallest absolute Gasteiger partial charge is 0.258 e. The van der Waals surface area contributed by atoms with Crippen LogP contribution in [0.25, 0.3) is 5.69 Å². The van der Waals surface area contributed by atoms with Gasteiger partial charge in [-0.3, -0.25) is 19.2 Å². The lowest BCUT2D eigenvalue weighted by atomic mass is 10.1. The Kier molecular flexibility index (Phi) is 5.21. The molecule has 2 N–H and O–H groups in total. The van der Waals surface area contributed by atoms with Crippen LogP contribution in [-0.2, 0) is 13.1 Å². The highest BCUT2D eigenvalue weighted by Crippen LogP contribution is 2.25. The molecule has 8 heteroatoms. The predicted molar refractivity (Wildman–Crippen MR) is 113 cm³/mol. The van der Waals surface area contributed by atoms with E-state index >= 15 is 0 Å². The summed E-state index contributed by atoms with van der Waals surface area (Å²) in [5.41, 5.74) is 2.42. The fourth-order valence-electron chi connectivity index (χ4n) is 3.33. The van der Waals surface area contributed by atoms with Gasteiger partial charge >= 0.3 is 0 Å². The zero-order chi connectivity index (χ0) is 19.7. The van der Waals surface area contributed by atoms with Crippen molar-refractivity contribution in [3.05, 3.63) is 79.8 Å². The van der Waals surface area contributed by atoms with Gasteiger partial charge in [0.1, 0.15) is 11.6 Å². The molecule has 3 aromatic rings. The molecule has 0 spiro atoms. The maximum Gasteiger partial charge on any atom is 0.258 e. The fourth-order valence-corrected chi connectivity index (χ4v) is 3.81. The molecule has 4 rings (SSSR count). The van der Waals surface area contributed by atoms with Crippen LogP contribution >= 0.6 is 23.8 Å². The first kappa shape index (κ1) is 18.7. The van der Waals surface area contributed by atoms with Crippen molar-refractivity contribution in [3.8, 4) is 11.4 Å². The van der Waals surface area contributed by atoms with E-state index in [1.807, 2.05) is 47.0 Å². The Labute approximate surface area is 172 Å². The number of H-pyrrole nitrogens is 1. The van der Waals surface area contributed by atoms with Crippen molar-refractivity contribution in [1.82, 2.24) is 14.5 Å². The van der Waals surface area contributed by atoms with Gasteiger partial charge in [-0.25, -0.2) is 0 Å². The number of fused-ring (bicyclic) bond motifs is 1. The Morgan fingerprint density at radius 3 is 2.71 bits per heavy atom. The molecule has 2 aromatic carbocycles. The maximum absolute atomic E-state index is 12.6. The van der Waals surface area contributed by atoms with Crippen LogP contribution in [0.4, 0.5) is 5.82 Å². The average Bonchev–Trinajstić information content (AvgIpc) is 2.69. The molecule has 0 fully saturated rings. The molecule has 2 heterocycles. The van der Waals surface area contributed by atoms with Gasteiger partial charge in [-0.2, -0.15) is 0 Å². The zero-order valence-corrected chi connectivity index (χ0v) is 16.8. The number of halogens is 1. The molecule has 0 bridgehead atoms. The van der Waals surface area contributed by atoms with Gasteiger partial charge in [0.05, 0.1) is 25.0 Å². The minimum atomic E-state index is -0.176. The molecule has 6 nitrogen and oxygen atoms in total. The standard InChI is InChI=1S/C20H19ClN4O2S/c1-27-16-7-5-13(6-8-16)10-24-11-17-18(22-12-24)25(20(28)23-19(17)26)15-4-2-3-14(21)9-15/h2-9,22H,10-12H2,1H3,(H,23,26,28). The summed E-state index contributed by atoms with van der Waals surface area (Å²) >= 11 is 11.5. The number of methoxy groups -OCH3 is 1. The second kappa shape index (κ2) is 7.79. The van der Waals surface area contributed by atoms with Gasteiger partial charge in [0.2, 0.25) is 0 Å². The number of aromatic amines is 1. The third-order valence-corrected chi connectivity index (χ3v) is 5.21. The lowest BCUT2D eigenvalue weighted by molar-refractivity contribution is 0.263. The molecule has 144 valence electrons. The highest BCUT2D eigenvalue weighted by atomic mass is 35.5. The second-order valence-corrected chi connectivity index (χ2v) is 7.39. The van der Waals surface area contributed by atoms with Crippen LogP contribution in [-0.4, -0.2) is 28.2 Å². The second-order valence-electron chi connectivity index (χ2n) is 6.57. The third-order valence-electron chi connectivity index (χ3n) is 4.69. The molecule has 0 saturated heterocycles. The highest BCUT2D eigenvalue weighted by molar-refractivity contribution is 7.71. The third kappa shape index (κ3) is 3.69. The van der Waals surface area contributed by atoms with E-state index in [0.29, 0.717) is 40.9 Å². The number of aromatic nitrogens is 2. The van der Waals surface area contributed by atoms with Gasteiger partial charge in [0, 0.05) is 18.1 Å². The summed E-state index contributed by atoms with van der Waals surface area (Å²) in [5, 5.41) is 3.97. The summed E-state index contributed by atoms with van der Waals surface area (Å²) in [5.74, 6) is 1.53. The van der Waals surface area contributed by atoms with Crippen molar-refractivity contribution >= 4 is 29.6 Å². The molecule has 28 heavy (non-hydrogen) atoms. The van der Waals surface area contributed by atoms with Gasteiger partial charge in [0.15, 0.2) is 4.77 Å². The van der Waals surface area contributed by atoms with Gasteiger partial charge in [-0.15, -0.1) is 0 Å². The van der Waals surface area contributed by atoms with Crippen LogP contribution in [0.1, 0.15) is 11.1 Å². The number of benzene rings is 2. The van der Waals surface area contributed by atoms with E-state index < -0.39 is 0 Å². The van der Waals surface area contributed by atoms with E-state index in [1.54, 1.807) is 13.2 Å². The molecule has 0 amide bonds. The first-order valence-electron chi connectivity index (χ1n) is 8.78. The Morgan fingerprint density at radius 2 is 2.00 bits per heavy atom. The van der Waals surface area contributed by atoms with Gasteiger partial charge in [0.25, 0.3) is 5.56 Å². The monoisotopic (exact) mass is 414 g/mol. The number of hydrogen-bond acceptors (Lipinski definition) is 5. The number of anilines is 1. The van der Waals surface area contributed by atoms with Gasteiger partial charge < -0.3 is 10.1 Å². The highest BCUT2D eigenvalue weighted by Gasteiger charge is 2.22. The van der Waals surface area contributed by atoms with E-state index in [-0.39, 0.29) is 5.56 Å². The zero-order valence-electron chi connectivity index (χ0n) is 15.2. The Morgan fingerprint density at radius 1 is 1.21 bits per heavy atom. The maximum atomic E-state index is 12.6. The minimum Gasteiger partial charge on any atom is -0.497 e. The van der Waals surface area contributed by atoms with Gasteiger partial charge in [-0.05, 0) is 48.1 Å². The normalized spacial score (nSPS) is 13.6. The van der Waals surface area contributed by atoms with Crippen molar-refractivity contribution in [2.24, 2.45) is 0 Å². The molecule has 0 saturated carbocycles. The summed E-state index contributed by atoms with van der Waals surface area (Å²) < 4.78 is 7.36. The summed E-state index contributed by atoms with van der Waals surface area (Å²) in [7, 11) is 1.65. The molecule has 1 aliphatic heterocycles. The van der Waals surface area contributed by atoms with Crippen LogP contribution in [0.15, 0.2) is 53.3 Å². The van der Waals surface area contributed by atoms with Crippen LogP contribution in [0.5, 0.6) is 5.75 Å². The first-order valence-corrected chi connectivity index (χ1v) is 9.57. The lowest BCUT2D eigenvalue weighted by Gasteiger charge is -2.31. The van der Waals surface area contributed by atoms with E-state index in [0.717, 1.165) is 17.0 Å². The van der Waals surface area contributed by atoms with Crippen molar-refractivity contribution in [2.45, 2.75) is 13.1 Å². The largest absolute Gasteiger partial charge is 0.497 e. The van der Waals surface area contributed by atoms with Gasteiger partial charge in [-0.1, -0.05) is 29.8 Å². The quantitative estimate of drug-likeness (QED) is 0.633. The number of nitrogens with zero attached hydrogens (tertiary/aromatic N) is 2. The molecular weight excluding hydrogens is 396 g/mol. The SMILES string of the molecule is COc1ccc(CN2CNc3c(c(=O)[nH]c(=S)n3-c3cccc(Cl)c3)C2)cc1. The van der Waals surface area contributed by atoms with Crippen molar-refractivity contribution in [2.75, 3.05) is 19.1 Å². The van der Waals surface area contributed by atoms with E-state index in [1.165, 1.54) is 0 Å². The Bertz CT molecular complexity index is 1120. The van der Waals surface area contributed by atoms with Crippen LogP contribution < -0.4 is 15.6 Å². The van der Waals surface area contributed by atoms with Crippen LogP contribution in [0.2, 0.25) is 5.02 Å². The first-order chi connectivity index (χ1) is 13.5. The molecule has 1 aromatic heterocycles. The summed E-state index contributed by atoms with van der Waals surface area (Å²) in [6.45, 7) is 1.82. The van der Waals surface area contributed by atoms with Crippen molar-refractivity contribution in [1.29, 1.82) is 0 Å². The van der Waals surface area contributed by atoms with Crippen LogP contribution in [0.3, 0.4) is 0 Å². The van der Waals surface area contributed by atoms with E-state index in [2.05, 4.69) is 15.2 Å². The molecule has 0 aliphatic carbocycles. The van der Waals surface area contributed by atoms with Crippen molar-refractivity contribution in [3.63, 3.8) is 0 Å².